The number of hydrogen-bond donors (Lipinski definition) is 1. The Balaban J connectivity index is 1.60. The van der Waals surface area contributed by atoms with Crippen molar-refractivity contribution in [2.75, 3.05) is 19.6 Å². The molecule has 0 radical (unpaired) electrons. The van der Waals surface area contributed by atoms with Gasteiger partial charge in [0, 0.05) is 26.1 Å². The summed E-state index contributed by atoms with van der Waals surface area (Å²) in [6.07, 6.45) is 9.38. The van der Waals surface area contributed by atoms with Gasteiger partial charge in [0.15, 0.2) is 0 Å². The lowest BCUT2D eigenvalue weighted by atomic mass is 9.68. The van der Waals surface area contributed by atoms with Crippen LogP contribution in [0.2, 0.25) is 0 Å². The predicted molar refractivity (Wildman–Crippen MR) is 104 cm³/mol. The van der Waals surface area contributed by atoms with Gasteiger partial charge in [0.2, 0.25) is 11.8 Å². The van der Waals surface area contributed by atoms with Crippen molar-refractivity contribution in [1.29, 1.82) is 0 Å². The zero-order valence-electron chi connectivity index (χ0n) is 16.1. The monoisotopic (exact) mass is 374 g/mol. The second-order valence-electron chi connectivity index (χ2n) is 7.95. The maximum absolute atomic E-state index is 13.8. The van der Waals surface area contributed by atoms with Gasteiger partial charge in [-0.2, -0.15) is 0 Å². The first-order valence-electron chi connectivity index (χ1n) is 10.4. The van der Waals surface area contributed by atoms with Crippen molar-refractivity contribution in [2.45, 2.75) is 69.6 Å². The Hall–Kier alpha value is -1.91. The van der Waals surface area contributed by atoms with Gasteiger partial charge in [-0.3, -0.25) is 9.59 Å². The van der Waals surface area contributed by atoms with Gasteiger partial charge in [-0.15, -0.1) is 0 Å². The molecule has 1 saturated carbocycles. The molecule has 0 atom stereocenters. The van der Waals surface area contributed by atoms with Crippen LogP contribution >= 0.6 is 0 Å². The van der Waals surface area contributed by atoms with E-state index in [0.29, 0.717) is 13.0 Å². The van der Waals surface area contributed by atoms with E-state index < -0.39 is 5.41 Å². The number of halogens is 1. The fourth-order valence-corrected chi connectivity index (χ4v) is 4.52. The summed E-state index contributed by atoms with van der Waals surface area (Å²) in [5.41, 5.74) is 0.102. The Bertz CT molecular complexity index is 647. The van der Waals surface area contributed by atoms with Gasteiger partial charge >= 0.3 is 0 Å². The van der Waals surface area contributed by atoms with E-state index in [2.05, 4.69) is 5.32 Å². The van der Waals surface area contributed by atoms with Crippen molar-refractivity contribution in [1.82, 2.24) is 10.2 Å². The molecule has 27 heavy (non-hydrogen) atoms. The fraction of sp³-hybridized carbons (Fsp3) is 0.636. The number of nitrogens with one attached hydrogen (secondary N) is 1. The van der Waals surface area contributed by atoms with Crippen LogP contribution in [0.15, 0.2) is 24.3 Å². The Morgan fingerprint density at radius 1 is 1.00 bits per heavy atom. The van der Waals surface area contributed by atoms with Crippen LogP contribution < -0.4 is 5.32 Å². The summed E-state index contributed by atoms with van der Waals surface area (Å²) in [7, 11) is 0. The molecule has 2 aliphatic rings. The molecule has 1 aromatic rings. The molecular formula is C22H31FN2O2. The van der Waals surface area contributed by atoms with Crippen LogP contribution in [0, 0.1) is 5.82 Å². The lowest BCUT2D eigenvalue weighted by molar-refractivity contribution is -0.131. The highest BCUT2D eigenvalue weighted by Gasteiger charge is 2.41. The van der Waals surface area contributed by atoms with E-state index in [1.165, 1.54) is 25.0 Å². The van der Waals surface area contributed by atoms with E-state index in [9.17, 15) is 14.0 Å². The highest BCUT2D eigenvalue weighted by atomic mass is 19.1. The molecule has 1 saturated heterocycles. The first-order valence-corrected chi connectivity index (χ1v) is 10.4. The molecule has 1 aromatic carbocycles. The Kier molecular flexibility index (Phi) is 6.86. The van der Waals surface area contributed by atoms with Crippen molar-refractivity contribution < 1.29 is 14.0 Å². The minimum atomic E-state index is -0.661. The lowest BCUT2D eigenvalue weighted by Gasteiger charge is -2.36. The number of carbonyl (C=O) groups is 2. The second kappa shape index (κ2) is 9.34. The molecule has 0 spiro atoms. The Labute approximate surface area is 161 Å². The number of benzene rings is 1. The smallest absolute Gasteiger partial charge is 0.230 e. The van der Waals surface area contributed by atoms with Crippen LogP contribution in [0.4, 0.5) is 4.39 Å². The molecule has 5 heteroatoms. The molecule has 1 N–H and O–H groups in total. The second-order valence-corrected chi connectivity index (χ2v) is 7.95. The molecule has 1 aliphatic heterocycles. The van der Waals surface area contributed by atoms with Crippen LogP contribution in [-0.4, -0.2) is 36.3 Å². The summed E-state index contributed by atoms with van der Waals surface area (Å²) in [6.45, 7) is 2.02. The van der Waals surface area contributed by atoms with Gasteiger partial charge in [-0.05, 0) is 43.4 Å². The van der Waals surface area contributed by atoms with Crippen molar-refractivity contribution in [3.05, 3.63) is 35.6 Å². The van der Waals surface area contributed by atoms with E-state index in [1.807, 2.05) is 11.0 Å². The van der Waals surface area contributed by atoms with Gasteiger partial charge < -0.3 is 10.2 Å². The average Bonchev–Trinajstić information content (AvgIpc) is 2.98. The third-order valence-corrected chi connectivity index (χ3v) is 6.10. The number of hydrogen-bond acceptors (Lipinski definition) is 2. The molecule has 0 bridgehead atoms. The summed E-state index contributed by atoms with van der Waals surface area (Å²) >= 11 is 0. The summed E-state index contributed by atoms with van der Waals surface area (Å²) in [5, 5.41) is 2.99. The Morgan fingerprint density at radius 3 is 2.33 bits per heavy atom. The lowest BCUT2D eigenvalue weighted by Crippen LogP contribution is -2.47. The summed E-state index contributed by atoms with van der Waals surface area (Å²) in [6, 6.07) is 6.44. The van der Waals surface area contributed by atoms with Crippen LogP contribution in [0.25, 0.3) is 0 Å². The number of rotatable bonds is 5. The minimum Gasteiger partial charge on any atom is -0.355 e. The Morgan fingerprint density at radius 2 is 1.67 bits per heavy atom. The zero-order chi connectivity index (χ0) is 19.1. The maximum Gasteiger partial charge on any atom is 0.230 e. The van der Waals surface area contributed by atoms with E-state index in [-0.39, 0.29) is 17.6 Å². The highest BCUT2D eigenvalue weighted by molar-refractivity contribution is 5.88. The van der Waals surface area contributed by atoms with Gasteiger partial charge in [0.25, 0.3) is 0 Å². The number of amides is 2. The third-order valence-electron chi connectivity index (χ3n) is 6.10. The molecule has 0 unspecified atom stereocenters. The van der Waals surface area contributed by atoms with Gasteiger partial charge in [0.05, 0.1) is 5.41 Å². The largest absolute Gasteiger partial charge is 0.355 e. The number of likely N-dealkylation sites (tertiary alicyclic amines) is 1. The molecule has 0 aromatic heterocycles. The van der Waals surface area contributed by atoms with E-state index >= 15 is 0 Å². The molecule has 1 aliphatic carbocycles. The molecule has 3 rings (SSSR count). The molecule has 2 amide bonds. The summed E-state index contributed by atoms with van der Waals surface area (Å²) in [5.74, 6) is -0.237. The van der Waals surface area contributed by atoms with Gasteiger partial charge in [0.1, 0.15) is 5.82 Å². The summed E-state index contributed by atoms with van der Waals surface area (Å²) < 4.78 is 13.8. The fourth-order valence-electron chi connectivity index (χ4n) is 4.52. The van der Waals surface area contributed by atoms with Gasteiger partial charge in [-0.25, -0.2) is 4.39 Å². The van der Waals surface area contributed by atoms with Crippen molar-refractivity contribution in [2.24, 2.45) is 0 Å². The highest BCUT2D eigenvalue weighted by Crippen LogP contribution is 2.40. The normalized spacial score (nSPS) is 20.0. The minimum absolute atomic E-state index is 0.0588. The standard InChI is InChI=1S/C22H31FN2O2/c23-19-10-8-9-18(17-19)22(12-4-3-5-13-22)21(27)24-14-11-20(26)25-15-6-1-2-7-16-25/h8-10,17H,1-7,11-16H2,(H,24,27). The predicted octanol–water partition coefficient (Wildman–Crippen LogP) is 3.94. The van der Waals surface area contributed by atoms with Gasteiger partial charge in [-0.1, -0.05) is 44.2 Å². The first kappa shape index (κ1) is 19.8. The van der Waals surface area contributed by atoms with E-state index in [0.717, 1.165) is 63.6 Å². The molecule has 1 heterocycles. The number of nitrogens with zero attached hydrogens (tertiary/aromatic N) is 1. The van der Waals surface area contributed by atoms with Crippen molar-refractivity contribution >= 4 is 11.8 Å². The quantitative estimate of drug-likeness (QED) is 0.849. The molecule has 148 valence electrons. The maximum atomic E-state index is 13.8. The van der Waals surface area contributed by atoms with Crippen LogP contribution in [0.1, 0.15) is 69.8 Å². The van der Waals surface area contributed by atoms with Crippen molar-refractivity contribution in [3.63, 3.8) is 0 Å². The van der Waals surface area contributed by atoms with Crippen LogP contribution in [0.3, 0.4) is 0 Å². The summed E-state index contributed by atoms with van der Waals surface area (Å²) in [4.78, 5) is 27.4. The topological polar surface area (TPSA) is 49.4 Å². The SMILES string of the molecule is O=C(CCNC(=O)C1(c2cccc(F)c2)CCCCC1)N1CCCCCC1. The first-order chi connectivity index (χ1) is 13.1. The van der Waals surface area contributed by atoms with E-state index in [4.69, 9.17) is 0 Å². The molecule has 4 nitrogen and oxygen atoms in total. The zero-order valence-corrected chi connectivity index (χ0v) is 16.1. The molecular weight excluding hydrogens is 343 g/mol. The van der Waals surface area contributed by atoms with Crippen LogP contribution in [-0.2, 0) is 15.0 Å². The van der Waals surface area contributed by atoms with E-state index in [1.54, 1.807) is 6.07 Å². The van der Waals surface area contributed by atoms with Crippen molar-refractivity contribution in [3.8, 4) is 0 Å². The van der Waals surface area contributed by atoms with Crippen LogP contribution in [0.5, 0.6) is 0 Å². The third kappa shape index (κ3) is 4.88. The molecule has 2 fully saturated rings. The number of carbonyl (C=O) groups excluding carboxylic acids is 2. The average molecular weight is 375 g/mol.